The molecule has 1 atom stereocenters. The maximum atomic E-state index is 12.5. The summed E-state index contributed by atoms with van der Waals surface area (Å²) in [6.07, 6.45) is 2.96. The molecule has 0 N–H and O–H groups in total. The van der Waals surface area contributed by atoms with Gasteiger partial charge in [-0.15, -0.1) is 0 Å². The summed E-state index contributed by atoms with van der Waals surface area (Å²) < 4.78 is 22.4. The lowest BCUT2D eigenvalue weighted by atomic mass is 10.1. The molecule has 0 aliphatic carbocycles. The predicted octanol–water partition coefficient (Wildman–Crippen LogP) is 4.06. The number of rotatable bonds is 7. The van der Waals surface area contributed by atoms with Crippen LogP contribution in [0.4, 0.5) is 0 Å². The van der Waals surface area contributed by atoms with Gasteiger partial charge in [-0.2, -0.15) is 0 Å². The van der Waals surface area contributed by atoms with Crippen molar-refractivity contribution < 1.29 is 23.7 Å². The van der Waals surface area contributed by atoms with Gasteiger partial charge in [-0.3, -0.25) is 4.79 Å². The van der Waals surface area contributed by atoms with Crippen LogP contribution in [0.1, 0.15) is 12.5 Å². The fourth-order valence-electron chi connectivity index (χ4n) is 2.99. The van der Waals surface area contributed by atoms with Crippen LogP contribution >= 0.6 is 11.6 Å². The molecular formula is C22H24ClNO5. The molecule has 2 aromatic carbocycles. The van der Waals surface area contributed by atoms with E-state index in [0.717, 1.165) is 11.3 Å². The van der Waals surface area contributed by atoms with Crippen LogP contribution in [0.25, 0.3) is 6.08 Å². The number of hydrogen-bond donors (Lipinski definition) is 0. The quantitative estimate of drug-likeness (QED) is 0.636. The standard InChI is InChI=1S/C22H24ClNO5/c1-4-27-20-12-15(11-17(23)22(20)26-3)9-10-21(25)24(2)13-16-14-28-18-7-5-6-8-19(18)29-16/h5-12,16H,4,13-14H2,1-3H3/b10-9+. The average Bonchev–Trinajstić information content (AvgIpc) is 2.72. The Bertz CT molecular complexity index is 899. The molecule has 0 radical (unpaired) electrons. The zero-order valence-corrected chi connectivity index (χ0v) is 17.4. The van der Waals surface area contributed by atoms with Crippen LogP contribution in [0.5, 0.6) is 23.0 Å². The van der Waals surface area contributed by atoms with Gasteiger partial charge in [-0.1, -0.05) is 23.7 Å². The molecule has 0 aromatic heterocycles. The topological polar surface area (TPSA) is 57.2 Å². The van der Waals surface area contributed by atoms with E-state index < -0.39 is 0 Å². The Balaban J connectivity index is 1.63. The van der Waals surface area contributed by atoms with Gasteiger partial charge in [0.25, 0.3) is 0 Å². The summed E-state index contributed by atoms with van der Waals surface area (Å²) in [6, 6.07) is 11.0. The third kappa shape index (κ3) is 5.15. The first-order valence-electron chi connectivity index (χ1n) is 9.33. The van der Waals surface area contributed by atoms with E-state index in [9.17, 15) is 4.79 Å². The molecular weight excluding hydrogens is 394 g/mol. The molecule has 154 valence electrons. The zero-order valence-electron chi connectivity index (χ0n) is 16.7. The average molecular weight is 418 g/mol. The fraction of sp³-hybridized carbons (Fsp3) is 0.318. The third-order valence-corrected chi connectivity index (χ3v) is 4.66. The van der Waals surface area contributed by atoms with Crippen LogP contribution in [0.3, 0.4) is 0 Å². The van der Waals surface area contributed by atoms with Crippen molar-refractivity contribution in [3.05, 3.63) is 53.1 Å². The van der Waals surface area contributed by atoms with Gasteiger partial charge in [0.05, 0.1) is 25.3 Å². The van der Waals surface area contributed by atoms with Gasteiger partial charge in [0.15, 0.2) is 29.1 Å². The van der Waals surface area contributed by atoms with Crippen LogP contribution in [-0.4, -0.2) is 50.8 Å². The zero-order chi connectivity index (χ0) is 20.8. The Morgan fingerprint density at radius 1 is 1.31 bits per heavy atom. The molecule has 0 saturated heterocycles. The molecule has 0 bridgehead atoms. The van der Waals surface area contributed by atoms with Crippen LogP contribution in [0.15, 0.2) is 42.5 Å². The van der Waals surface area contributed by atoms with Gasteiger partial charge < -0.3 is 23.8 Å². The summed E-state index contributed by atoms with van der Waals surface area (Å²) in [5.74, 6) is 2.27. The lowest BCUT2D eigenvalue weighted by Crippen LogP contribution is -2.41. The minimum Gasteiger partial charge on any atom is -0.491 e. The molecule has 0 spiro atoms. The Hall–Kier alpha value is -2.86. The highest BCUT2D eigenvalue weighted by Crippen LogP contribution is 2.36. The van der Waals surface area contributed by atoms with Gasteiger partial charge in [-0.05, 0) is 42.8 Å². The summed E-state index contributed by atoms with van der Waals surface area (Å²) in [6.45, 7) is 3.16. The second-order valence-electron chi connectivity index (χ2n) is 6.52. The van der Waals surface area contributed by atoms with E-state index in [1.165, 1.54) is 13.2 Å². The van der Waals surface area contributed by atoms with E-state index in [4.69, 9.17) is 30.5 Å². The molecule has 3 rings (SSSR count). The summed E-state index contributed by atoms with van der Waals surface area (Å²) in [7, 11) is 3.26. The van der Waals surface area contributed by atoms with Crippen molar-refractivity contribution in [3.63, 3.8) is 0 Å². The molecule has 1 amide bonds. The Kier molecular flexibility index (Phi) is 6.88. The van der Waals surface area contributed by atoms with Crippen LogP contribution in [0.2, 0.25) is 5.02 Å². The number of nitrogens with zero attached hydrogens (tertiary/aromatic N) is 1. The number of hydrogen-bond acceptors (Lipinski definition) is 5. The maximum absolute atomic E-state index is 12.5. The Morgan fingerprint density at radius 2 is 2.07 bits per heavy atom. The Labute approximate surface area is 175 Å². The number of methoxy groups -OCH3 is 1. The van der Waals surface area contributed by atoms with E-state index in [-0.39, 0.29) is 12.0 Å². The second kappa shape index (κ2) is 9.56. The third-order valence-electron chi connectivity index (χ3n) is 4.38. The largest absolute Gasteiger partial charge is 0.491 e. The highest BCUT2D eigenvalue weighted by Gasteiger charge is 2.23. The van der Waals surface area contributed by atoms with Gasteiger partial charge in [0.1, 0.15) is 6.61 Å². The molecule has 1 heterocycles. The lowest BCUT2D eigenvalue weighted by molar-refractivity contribution is -0.126. The number of benzene rings is 2. The van der Waals surface area contributed by atoms with E-state index in [1.54, 1.807) is 30.2 Å². The number of carbonyl (C=O) groups excluding carboxylic acids is 1. The molecule has 6 nitrogen and oxygen atoms in total. The summed E-state index contributed by atoms with van der Waals surface area (Å²) >= 11 is 6.25. The molecule has 0 fully saturated rings. The van der Waals surface area contributed by atoms with E-state index in [0.29, 0.717) is 42.0 Å². The van der Waals surface area contributed by atoms with Crippen molar-refractivity contribution in [3.8, 4) is 23.0 Å². The van der Waals surface area contributed by atoms with Crippen molar-refractivity contribution >= 4 is 23.6 Å². The molecule has 1 aliphatic heterocycles. The number of para-hydroxylation sites is 2. The smallest absolute Gasteiger partial charge is 0.246 e. The van der Waals surface area contributed by atoms with Gasteiger partial charge in [0.2, 0.25) is 5.91 Å². The van der Waals surface area contributed by atoms with Gasteiger partial charge in [0, 0.05) is 13.1 Å². The number of likely N-dealkylation sites (N-methyl/N-ethyl adjacent to an activating group) is 1. The number of amides is 1. The van der Waals surface area contributed by atoms with Crippen LogP contribution < -0.4 is 18.9 Å². The normalized spacial score (nSPS) is 15.2. The summed E-state index contributed by atoms with van der Waals surface area (Å²) in [5, 5.41) is 0.422. The molecule has 1 unspecified atom stereocenters. The van der Waals surface area contributed by atoms with E-state index in [1.807, 2.05) is 31.2 Å². The number of fused-ring (bicyclic) bond motifs is 1. The van der Waals surface area contributed by atoms with E-state index in [2.05, 4.69) is 0 Å². The monoisotopic (exact) mass is 417 g/mol. The van der Waals surface area contributed by atoms with E-state index >= 15 is 0 Å². The van der Waals surface area contributed by atoms with Gasteiger partial charge >= 0.3 is 0 Å². The first kappa shape index (κ1) is 20.9. The van der Waals surface area contributed by atoms with Gasteiger partial charge in [-0.25, -0.2) is 0 Å². The molecule has 29 heavy (non-hydrogen) atoms. The molecule has 1 aliphatic rings. The van der Waals surface area contributed by atoms with Crippen molar-refractivity contribution in [1.82, 2.24) is 4.90 Å². The van der Waals surface area contributed by atoms with Crippen molar-refractivity contribution in [2.24, 2.45) is 0 Å². The first-order valence-corrected chi connectivity index (χ1v) is 9.71. The molecule has 0 saturated carbocycles. The number of halogens is 1. The first-order chi connectivity index (χ1) is 14.0. The Morgan fingerprint density at radius 3 is 2.79 bits per heavy atom. The number of ether oxygens (including phenoxy) is 4. The van der Waals surface area contributed by atoms with Crippen LogP contribution in [-0.2, 0) is 4.79 Å². The number of carbonyl (C=O) groups is 1. The van der Waals surface area contributed by atoms with Crippen molar-refractivity contribution in [1.29, 1.82) is 0 Å². The molecule has 2 aromatic rings. The predicted molar refractivity (Wildman–Crippen MR) is 112 cm³/mol. The SMILES string of the molecule is CCOc1cc(/C=C/C(=O)N(C)CC2COc3ccccc3O2)cc(Cl)c1OC. The minimum atomic E-state index is -0.229. The fourth-order valence-corrected chi connectivity index (χ4v) is 3.28. The second-order valence-corrected chi connectivity index (χ2v) is 6.92. The maximum Gasteiger partial charge on any atom is 0.246 e. The van der Waals surface area contributed by atoms with Crippen molar-refractivity contribution in [2.75, 3.05) is 33.9 Å². The highest BCUT2D eigenvalue weighted by atomic mass is 35.5. The summed E-state index contributed by atoms with van der Waals surface area (Å²) in [5.41, 5.74) is 0.743. The van der Waals surface area contributed by atoms with Crippen LogP contribution in [0, 0.1) is 0 Å². The van der Waals surface area contributed by atoms with Crippen molar-refractivity contribution in [2.45, 2.75) is 13.0 Å². The minimum absolute atomic E-state index is 0.155. The summed E-state index contributed by atoms with van der Waals surface area (Å²) in [4.78, 5) is 14.1. The molecule has 7 heteroatoms. The lowest BCUT2D eigenvalue weighted by Gasteiger charge is -2.29. The highest BCUT2D eigenvalue weighted by molar-refractivity contribution is 6.32.